The SMILES string of the molecule is Cc1nnc(Sc2ccc(CO)cc2)c2ccccc12. The van der Waals surface area contributed by atoms with Crippen LogP contribution < -0.4 is 0 Å². The van der Waals surface area contributed by atoms with Gasteiger partial charge < -0.3 is 5.11 Å². The van der Waals surface area contributed by atoms with Crippen LogP contribution in [0.25, 0.3) is 10.8 Å². The zero-order valence-corrected chi connectivity index (χ0v) is 11.9. The second-order valence-electron chi connectivity index (χ2n) is 4.54. The molecule has 0 aliphatic rings. The molecule has 2 aromatic carbocycles. The molecule has 1 N–H and O–H groups in total. The van der Waals surface area contributed by atoms with Crippen LogP contribution in [0.2, 0.25) is 0 Å². The molecule has 0 unspecified atom stereocenters. The van der Waals surface area contributed by atoms with E-state index in [1.165, 1.54) is 0 Å². The fourth-order valence-electron chi connectivity index (χ4n) is 2.06. The zero-order valence-electron chi connectivity index (χ0n) is 11.1. The fourth-order valence-corrected chi connectivity index (χ4v) is 2.93. The van der Waals surface area contributed by atoms with E-state index in [0.29, 0.717) is 0 Å². The molecular formula is C16H14N2OS. The third-order valence-electron chi connectivity index (χ3n) is 3.16. The van der Waals surface area contributed by atoms with Gasteiger partial charge in [-0.15, -0.1) is 5.10 Å². The lowest BCUT2D eigenvalue weighted by Gasteiger charge is -2.06. The molecule has 0 bridgehead atoms. The molecule has 100 valence electrons. The Kier molecular flexibility index (Phi) is 3.67. The molecule has 0 saturated carbocycles. The van der Waals surface area contributed by atoms with Gasteiger partial charge in [0.15, 0.2) is 0 Å². The summed E-state index contributed by atoms with van der Waals surface area (Å²) in [5.74, 6) is 0. The van der Waals surface area contributed by atoms with E-state index < -0.39 is 0 Å². The lowest BCUT2D eigenvalue weighted by Crippen LogP contribution is -1.92. The van der Waals surface area contributed by atoms with Crippen LogP contribution in [0.4, 0.5) is 0 Å². The number of aryl methyl sites for hydroxylation is 1. The molecule has 3 aromatic rings. The molecule has 3 nitrogen and oxygen atoms in total. The first kappa shape index (κ1) is 13.1. The van der Waals surface area contributed by atoms with Gasteiger partial charge in [0.1, 0.15) is 5.03 Å². The first-order valence-electron chi connectivity index (χ1n) is 6.37. The predicted octanol–water partition coefficient (Wildman–Crippen LogP) is 3.58. The second-order valence-corrected chi connectivity index (χ2v) is 5.60. The number of benzene rings is 2. The molecule has 20 heavy (non-hydrogen) atoms. The van der Waals surface area contributed by atoms with Gasteiger partial charge in [0.25, 0.3) is 0 Å². The van der Waals surface area contributed by atoms with E-state index in [0.717, 1.165) is 32.0 Å². The van der Waals surface area contributed by atoms with Gasteiger partial charge in [-0.3, -0.25) is 0 Å². The number of nitrogens with zero attached hydrogens (tertiary/aromatic N) is 2. The molecule has 1 heterocycles. The van der Waals surface area contributed by atoms with Crippen LogP contribution in [0.5, 0.6) is 0 Å². The maximum absolute atomic E-state index is 9.06. The minimum atomic E-state index is 0.0677. The Bertz CT molecular complexity index is 741. The number of fused-ring (bicyclic) bond motifs is 1. The third-order valence-corrected chi connectivity index (χ3v) is 4.16. The van der Waals surface area contributed by atoms with Crippen molar-refractivity contribution in [3.63, 3.8) is 0 Å². The Morgan fingerprint density at radius 3 is 2.35 bits per heavy atom. The van der Waals surface area contributed by atoms with E-state index in [1.54, 1.807) is 11.8 Å². The van der Waals surface area contributed by atoms with Crippen LogP contribution in [-0.2, 0) is 6.61 Å². The standard InChI is InChI=1S/C16H14N2OS/c1-11-14-4-2-3-5-15(14)16(18-17-11)20-13-8-6-12(10-19)7-9-13/h2-9,19H,10H2,1H3. The van der Waals surface area contributed by atoms with E-state index >= 15 is 0 Å². The summed E-state index contributed by atoms with van der Waals surface area (Å²) in [4.78, 5) is 1.09. The van der Waals surface area contributed by atoms with Gasteiger partial charge in [-0.2, -0.15) is 5.10 Å². The molecule has 0 radical (unpaired) electrons. The van der Waals surface area contributed by atoms with E-state index in [-0.39, 0.29) is 6.61 Å². The number of aromatic nitrogens is 2. The van der Waals surface area contributed by atoms with Crippen molar-refractivity contribution in [3.05, 3.63) is 59.8 Å². The molecular weight excluding hydrogens is 268 g/mol. The van der Waals surface area contributed by atoms with Crippen molar-refractivity contribution in [2.45, 2.75) is 23.5 Å². The van der Waals surface area contributed by atoms with Crippen LogP contribution in [0.15, 0.2) is 58.5 Å². The van der Waals surface area contributed by atoms with Crippen molar-refractivity contribution < 1.29 is 5.11 Å². The predicted molar refractivity (Wildman–Crippen MR) is 80.8 cm³/mol. The molecule has 4 heteroatoms. The molecule has 0 atom stereocenters. The third kappa shape index (κ3) is 2.53. The van der Waals surface area contributed by atoms with Gasteiger partial charge in [-0.05, 0) is 24.6 Å². The highest BCUT2D eigenvalue weighted by molar-refractivity contribution is 7.99. The molecule has 0 aliphatic heterocycles. The van der Waals surface area contributed by atoms with Crippen molar-refractivity contribution in [2.24, 2.45) is 0 Å². The Labute approximate surface area is 121 Å². The molecule has 0 spiro atoms. The molecule has 0 aliphatic carbocycles. The summed E-state index contributed by atoms with van der Waals surface area (Å²) >= 11 is 1.59. The normalized spacial score (nSPS) is 10.9. The zero-order chi connectivity index (χ0) is 13.9. The van der Waals surface area contributed by atoms with Crippen molar-refractivity contribution in [1.29, 1.82) is 0 Å². The van der Waals surface area contributed by atoms with Crippen LogP contribution in [0.1, 0.15) is 11.3 Å². The maximum Gasteiger partial charge on any atom is 0.131 e. The lowest BCUT2D eigenvalue weighted by atomic mass is 10.1. The highest BCUT2D eigenvalue weighted by Gasteiger charge is 2.07. The topological polar surface area (TPSA) is 46.0 Å². The van der Waals surface area contributed by atoms with Gasteiger partial charge in [0, 0.05) is 15.7 Å². The molecule has 0 amide bonds. The summed E-state index contributed by atoms with van der Waals surface area (Å²) < 4.78 is 0. The summed E-state index contributed by atoms with van der Waals surface area (Å²) in [5, 5.41) is 20.8. The van der Waals surface area contributed by atoms with Crippen molar-refractivity contribution >= 4 is 22.5 Å². The quantitative estimate of drug-likeness (QED) is 0.797. The lowest BCUT2D eigenvalue weighted by molar-refractivity contribution is 0.282. The Balaban J connectivity index is 2.00. The molecule has 1 aromatic heterocycles. The highest BCUT2D eigenvalue weighted by Crippen LogP contribution is 2.32. The fraction of sp³-hybridized carbons (Fsp3) is 0.125. The van der Waals surface area contributed by atoms with Gasteiger partial charge in [0.2, 0.25) is 0 Å². The van der Waals surface area contributed by atoms with Crippen molar-refractivity contribution in [2.75, 3.05) is 0 Å². The minimum absolute atomic E-state index is 0.0677. The number of rotatable bonds is 3. The molecule has 0 saturated heterocycles. The highest BCUT2D eigenvalue weighted by atomic mass is 32.2. The molecule has 3 rings (SSSR count). The first-order valence-corrected chi connectivity index (χ1v) is 7.19. The maximum atomic E-state index is 9.06. The number of hydrogen-bond acceptors (Lipinski definition) is 4. The summed E-state index contributed by atoms with van der Waals surface area (Å²) in [5.41, 5.74) is 1.86. The largest absolute Gasteiger partial charge is 0.392 e. The van der Waals surface area contributed by atoms with Gasteiger partial charge >= 0.3 is 0 Å². The average molecular weight is 282 g/mol. The second kappa shape index (κ2) is 5.61. The van der Waals surface area contributed by atoms with Crippen LogP contribution in [0, 0.1) is 6.92 Å². The van der Waals surface area contributed by atoms with E-state index in [9.17, 15) is 0 Å². The number of aliphatic hydroxyl groups is 1. The number of hydrogen-bond donors (Lipinski definition) is 1. The summed E-state index contributed by atoms with van der Waals surface area (Å²) in [6, 6.07) is 16.0. The summed E-state index contributed by atoms with van der Waals surface area (Å²) in [6.45, 7) is 2.04. The summed E-state index contributed by atoms with van der Waals surface area (Å²) in [6.07, 6.45) is 0. The van der Waals surface area contributed by atoms with Crippen LogP contribution >= 0.6 is 11.8 Å². The van der Waals surface area contributed by atoms with Crippen molar-refractivity contribution in [1.82, 2.24) is 10.2 Å². The van der Waals surface area contributed by atoms with Gasteiger partial charge in [-0.1, -0.05) is 48.2 Å². The smallest absolute Gasteiger partial charge is 0.131 e. The summed E-state index contributed by atoms with van der Waals surface area (Å²) in [7, 11) is 0. The van der Waals surface area contributed by atoms with Gasteiger partial charge in [0.05, 0.1) is 12.3 Å². The van der Waals surface area contributed by atoms with E-state index in [2.05, 4.69) is 22.3 Å². The Hall–Kier alpha value is -1.91. The minimum Gasteiger partial charge on any atom is -0.392 e. The van der Waals surface area contributed by atoms with E-state index in [1.807, 2.05) is 43.3 Å². The average Bonchev–Trinajstić information content (AvgIpc) is 2.51. The van der Waals surface area contributed by atoms with Crippen LogP contribution in [-0.4, -0.2) is 15.3 Å². The Morgan fingerprint density at radius 2 is 1.65 bits per heavy atom. The van der Waals surface area contributed by atoms with Gasteiger partial charge in [-0.25, -0.2) is 0 Å². The molecule has 0 fully saturated rings. The Morgan fingerprint density at radius 1 is 0.950 bits per heavy atom. The monoisotopic (exact) mass is 282 g/mol. The van der Waals surface area contributed by atoms with E-state index in [4.69, 9.17) is 5.11 Å². The first-order chi connectivity index (χ1) is 9.78. The number of aliphatic hydroxyl groups excluding tert-OH is 1. The van der Waals surface area contributed by atoms with Crippen LogP contribution in [0.3, 0.4) is 0 Å². The van der Waals surface area contributed by atoms with Crippen molar-refractivity contribution in [3.8, 4) is 0 Å².